The molecule has 4 heteroatoms. The summed E-state index contributed by atoms with van der Waals surface area (Å²) in [7, 11) is 0. The number of nitrogens with one attached hydrogen (secondary N) is 1. The third kappa shape index (κ3) is 3.33. The number of aromatic nitrogens is 1. The van der Waals surface area contributed by atoms with E-state index in [2.05, 4.69) is 67.3 Å². The first-order chi connectivity index (χ1) is 8.70. The average Bonchev–Trinajstić information content (AvgIpc) is 2.38. The predicted octanol–water partition coefficient (Wildman–Crippen LogP) is 5.17. The summed E-state index contributed by atoms with van der Waals surface area (Å²) in [5.74, 6) is 0. The molecular formula is C14H14Br2N2. The van der Waals surface area contributed by atoms with Gasteiger partial charge in [-0.15, -0.1) is 0 Å². The minimum atomic E-state index is 0.281. The van der Waals surface area contributed by atoms with Gasteiger partial charge in [0.2, 0.25) is 0 Å². The molecule has 94 valence electrons. The molecule has 0 aliphatic heterocycles. The van der Waals surface area contributed by atoms with Crippen LogP contribution in [0.4, 0.5) is 5.69 Å². The van der Waals surface area contributed by atoms with E-state index in [4.69, 9.17) is 0 Å². The van der Waals surface area contributed by atoms with Crippen LogP contribution in [0.25, 0.3) is 0 Å². The largest absolute Gasteiger partial charge is 0.376 e. The van der Waals surface area contributed by atoms with Gasteiger partial charge in [0.15, 0.2) is 0 Å². The molecule has 2 rings (SSSR count). The van der Waals surface area contributed by atoms with E-state index in [-0.39, 0.29) is 6.04 Å². The number of benzene rings is 1. The van der Waals surface area contributed by atoms with E-state index < -0.39 is 0 Å². The number of rotatable bonds is 4. The van der Waals surface area contributed by atoms with Gasteiger partial charge in [0.1, 0.15) is 4.60 Å². The quantitative estimate of drug-likeness (QED) is 0.752. The molecule has 0 saturated heterocycles. The lowest BCUT2D eigenvalue weighted by Crippen LogP contribution is -2.10. The second-order valence-corrected chi connectivity index (χ2v) is 5.67. The van der Waals surface area contributed by atoms with Crippen molar-refractivity contribution in [3.8, 4) is 0 Å². The molecule has 2 aromatic rings. The Bertz CT molecular complexity index is 529. The van der Waals surface area contributed by atoms with E-state index >= 15 is 0 Å². The maximum atomic E-state index is 4.22. The van der Waals surface area contributed by atoms with Crippen molar-refractivity contribution < 1.29 is 0 Å². The highest BCUT2D eigenvalue weighted by atomic mass is 79.9. The van der Waals surface area contributed by atoms with E-state index in [1.54, 1.807) is 6.20 Å². The van der Waals surface area contributed by atoms with Crippen LogP contribution < -0.4 is 5.32 Å². The number of halogens is 2. The third-order valence-corrected chi connectivity index (χ3v) is 3.87. The van der Waals surface area contributed by atoms with Gasteiger partial charge in [-0.25, -0.2) is 4.98 Å². The molecule has 0 aliphatic carbocycles. The molecule has 0 fully saturated rings. The average molecular weight is 370 g/mol. The zero-order valence-electron chi connectivity index (χ0n) is 10.0. The van der Waals surface area contributed by atoms with Crippen LogP contribution in [0.5, 0.6) is 0 Å². The van der Waals surface area contributed by atoms with E-state index in [0.717, 1.165) is 21.2 Å². The zero-order valence-corrected chi connectivity index (χ0v) is 13.2. The summed E-state index contributed by atoms with van der Waals surface area (Å²) in [6, 6.07) is 12.6. The maximum Gasteiger partial charge on any atom is 0.129 e. The van der Waals surface area contributed by atoms with E-state index in [1.165, 1.54) is 5.56 Å². The molecule has 1 aromatic heterocycles. The topological polar surface area (TPSA) is 24.9 Å². The molecule has 0 bridgehead atoms. The number of nitrogens with zero attached hydrogens (tertiary/aromatic N) is 1. The fourth-order valence-electron chi connectivity index (χ4n) is 1.83. The normalized spacial score (nSPS) is 12.2. The molecule has 0 spiro atoms. The van der Waals surface area contributed by atoms with Crippen LogP contribution in [0, 0.1) is 0 Å². The van der Waals surface area contributed by atoms with Gasteiger partial charge >= 0.3 is 0 Å². The summed E-state index contributed by atoms with van der Waals surface area (Å²) in [6.07, 6.45) is 2.78. The van der Waals surface area contributed by atoms with Gasteiger partial charge in [-0.3, -0.25) is 0 Å². The zero-order chi connectivity index (χ0) is 13.0. The Hall–Kier alpha value is -0.870. The Balaban J connectivity index is 2.23. The summed E-state index contributed by atoms with van der Waals surface area (Å²) in [5, 5.41) is 3.51. The van der Waals surface area contributed by atoms with Crippen molar-refractivity contribution in [1.29, 1.82) is 0 Å². The van der Waals surface area contributed by atoms with Gasteiger partial charge < -0.3 is 5.32 Å². The summed E-state index contributed by atoms with van der Waals surface area (Å²) < 4.78 is 1.95. The van der Waals surface area contributed by atoms with Gasteiger partial charge in [-0.1, -0.05) is 35.0 Å². The van der Waals surface area contributed by atoms with Crippen LogP contribution in [0.2, 0.25) is 0 Å². The standard InChI is InChI=1S/C14H14Br2N2/c1-2-12(10-5-3-6-11(15)9-10)18-13-7-4-8-17-14(13)16/h3-9,12,18H,2H2,1H3. The first-order valence-electron chi connectivity index (χ1n) is 5.83. The van der Waals surface area contributed by atoms with Gasteiger partial charge in [0.05, 0.1) is 11.7 Å². The lowest BCUT2D eigenvalue weighted by atomic mass is 10.0. The van der Waals surface area contributed by atoms with Gasteiger partial charge in [0, 0.05) is 10.7 Å². The molecule has 1 N–H and O–H groups in total. The minimum absolute atomic E-state index is 0.281. The Morgan fingerprint density at radius 2 is 2.06 bits per heavy atom. The highest BCUT2D eigenvalue weighted by molar-refractivity contribution is 9.10. The van der Waals surface area contributed by atoms with E-state index in [0.29, 0.717) is 0 Å². The van der Waals surface area contributed by atoms with E-state index in [1.807, 2.05) is 18.2 Å². The van der Waals surface area contributed by atoms with Crippen molar-refractivity contribution in [1.82, 2.24) is 4.98 Å². The SMILES string of the molecule is CCC(Nc1cccnc1Br)c1cccc(Br)c1. The fourth-order valence-corrected chi connectivity index (χ4v) is 2.61. The molecule has 1 heterocycles. The van der Waals surface area contributed by atoms with Crippen LogP contribution in [0.1, 0.15) is 24.9 Å². The lowest BCUT2D eigenvalue weighted by molar-refractivity contribution is 0.747. The fraction of sp³-hybridized carbons (Fsp3) is 0.214. The van der Waals surface area contributed by atoms with Gasteiger partial charge in [-0.2, -0.15) is 0 Å². The number of anilines is 1. The summed E-state index contributed by atoms with van der Waals surface area (Å²) in [4.78, 5) is 4.22. The lowest BCUT2D eigenvalue weighted by Gasteiger charge is -2.19. The highest BCUT2D eigenvalue weighted by Gasteiger charge is 2.11. The molecule has 2 nitrogen and oxygen atoms in total. The summed E-state index contributed by atoms with van der Waals surface area (Å²) in [5.41, 5.74) is 2.28. The second-order valence-electron chi connectivity index (χ2n) is 4.00. The molecule has 18 heavy (non-hydrogen) atoms. The van der Waals surface area contributed by atoms with Crippen LogP contribution in [-0.2, 0) is 0 Å². The van der Waals surface area contributed by atoms with Crippen molar-refractivity contribution in [2.75, 3.05) is 5.32 Å². The van der Waals surface area contributed by atoms with Crippen molar-refractivity contribution >= 4 is 37.5 Å². The van der Waals surface area contributed by atoms with Gasteiger partial charge in [-0.05, 0) is 52.2 Å². The number of hydrogen-bond acceptors (Lipinski definition) is 2. The smallest absolute Gasteiger partial charge is 0.129 e. The van der Waals surface area contributed by atoms with Crippen molar-refractivity contribution in [3.05, 3.63) is 57.2 Å². The Labute approximate surface area is 124 Å². The van der Waals surface area contributed by atoms with Crippen LogP contribution in [0.15, 0.2) is 51.7 Å². The molecule has 1 unspecified atom stereocenters. The molecule has 0 radical (unpaired) electrons. The minimum Gasteiger partial charge on any atom is -0.376 e. The van der Waals surface area contributed by atoms with E-state index in [9.17, 15) is 0 Å². The highest BCUT2D eigenvalue weighted by Crippen LogP contribution is 2.27. The molecular weight excluding hydrogens is 356 g/mol. The predicted molar refractivity (Wildman–Crippen MR) is 82.7 cm³/mol. The van der Waals surface area contributed by atoms with Crippen LogP contribution >= 0.6 is 31.9 Å². The van der Waals surface area contributed by atoms with Crippen molar-refractivity contribution in [2.24, 2.45) is 0 Å². The Morgan fingerprint density at radius 1 is 1.22 bits per heavy atom. The van der Waals surface area contributed by atoms with Crippen LogP contribution in [0.3, 0.4) is 0 Å². The summed E-state index contributed by atoms with van der Waals surface area (Å²) >= 11 is 6.97. The monoisotopic (exact) mass is 368 g/mol. The molecule has 0 saturated carbocycles. The Morgan fingerprint density at radius 3 is 2.72 bits per heavy atom. The number of hydrogen-bond donors (Lipinski definition) is 1. The first-order valence-corrected chi connectivity index (χ1v) is 7.42. The Kier molecular flexibility index (Phi) is 4.78. The summed E-state index contributed by atoms with van der Waals surface area (Å²) in [6.45, 7) is 2.17. The van der Waals surface area contributed by atoms with Gasteiger partial charge in [0.25, 0.3) is 0 Å². The maximum absolute atomic E-state index is 4.22. The first kappa shape index (κ1) is 13.6. The number of pyridine rings is 1. The molecule has 1 atom stereocenters. The molecule has 0 amide bonds. The molecule has 0 aliphatic rings. The van der Waals surface area contributed by atoms with Crippen molar-refractivity contribution in [2.45, 2.75) is 19.4 Å². The van der Waals surface area contributed by atoms with Crippen LogP contribution in [-0.4, -0.2) is 4.98 Å². The third-order valence-electron chi connectivity index (χ3n) is 2.75. The molecule has 1 aromatic carbocycles. The van der Waals surface area contributed by atoms with Crippen molar-refractivity contribution in [3.63, 3.8) is 0 Å². The second kappa shape index (κ2) is 6.34.